The third kappa shape index (κ3) is 21.3. The fourth-order valence-corrected chi connectivity index (χ4v) is 11.7. The van der Waals surface area contributed by atoms with Crippen molar-refractivity contribution < 1.29 is 72.0 Å². The van der Waals surface area contributed by atoms with Crippen molar-refractivity contribution in [2.45, 2.75) is 101 Å². The Labute approximate surface area is 613 Å². The minimum atomic E-state index is -0.446. The summed E-state index contributed by atoms with van der Waals surface area (Å²) in [6.07, 6.45) is 4.55. The van der Waals surface area contributed by atoms with Crippen LogP contribution < -0.4 is 14.2 Å². The molecular formula is C85H80N6O15. The molecule has 11 aromatic carbocycles. The van der Waals surface area contributed by atoms with Crippen molar-refractivity contribution in [2.75, 3.05) is 13.9 Å². The van der Waals surface area contributed by atoms with Gasteiger partial charge in [0.15, 0.2) is 11.5 Å². The van der Waals surface area contributed by atoms with Crippen LogP contribution in [0.15, 0.2) is 243 Å². The highest BCUT2D eigenvalue weighted by atomic mass is 16.7. The highest BCUT2D eigenvalue weighted by molar-refractivity contribution is 6.16. The number of rotatable bonds is 11. The molecule has 2 aliphatic carbocycles. The third-order valence-corrected chi connectivity index (χ3v) is 16.5. The van der Waals surface area contributed by atoms with Gasteiger partial charge < -0.3 is 43.2 Å². The number of hydrogen-bond donors (Lipinski definition) is 0. The first kappa shape index (κ1) is 77.1. The highest BCUT2D eigenvalue weighted by Gasteiger charge is 2.29. The van der Waals surface area contributed by atoms with Crippen LogP contribution in [0.3, 0.4) is 0 Å². The molecule has 0 fully saturated rings. The number of oxime groups is 6. The topological polar surface area (TPSA) is 260 Å². The molecule has 11 aromatic rings. The zero-order valence-corrected chi connectivity index (χ0v) is 60.8. The van der Waals surface area contributed by atoms with Crippen LogP contribution in [0, 0.1) is 0 Å². The van der Waals surface area contributed by atoms with Crippen LogP contribution >= 0.6 is 0 Å². The fraction of sp³-hybridized carbons (Fsp3) is 0.200. The maximum Gasteiger partial charge on any atom is 0.331 e. The summed E-state index contributed by atoms with van der Waals surface area (Å²) in [4.78, 5) is 92.6. The van der Waals surface area contributed by atoms with Crippen molar-refractivity contribution in [3.63, 3.8) is 0 Å². The fourth-order valence-electron chi connectivity index (χ4n) is 11.7. The van der Waals surface area contributed by atoms with Crippen LogP contribution in [-0.2, 0) is 70.6 Å². The Morgan fingerprint density at radius 2 is 0.811 bits per heavy atom. The van der Waals surface area contributed by atoms with Gasteiger partial charge in [0.25, 0.3) is 0 Å². The van der Waals surface area contributed by atoms with Crippen molar-refractivity contribution in [2.24, 2.45) is 30.9 Å². The molecule has 0 saturated heterocycles. The summed E-state index contributed by atoms with van der Waals surface area (Å²) in [7, 11) is 1.60. The smallest absolute Gasteiger partial charge is 0.331 e. The van der Waals surface area contributed by atoms with Crippen LogP contribution in [-0.4, -0.2) is 84.0 Å². The van der Waals surface area contributed by atoms with Gasteiger partial charge in [0.05, 0.1) is 41.4 Å². The van der Waals surface area contributed by atoms with E-state index in [-0.39, 0.29) is 12.8 Å². The molecule has 0 amide bonds. The van der Waals surface area contributed by atoms with Crippen molar-refractivity contribution in [3.05, 3.63) is 257 Å². The first-order chi connectivity index (χ1) is 51.1. The minimum absolute atomic E-state index is 0.229. The number of fused-ring (bicyclic) bond motifs is 10. The van der Waals surface area contributed by atoms with E-state index in [9.17, 15) is 28.8 Å². The second kappa shape index (κ2) is 37.8. The molecule has 0 spiro atoms. The predicted molar refractivity (Wildman–Crippen MR) is 413 cm³/mol. The van der Waals surface area contributed by atoms with E-state index in [1.807, 2.05) is 172 Å². The van der Waals surface area contributed by atoms with Crippen LogP contribution in [0.2, 0.25) is 0 Å². The largest absolute Gasteiger partial charge is 0.496 e. The molecule has 0 saturated carbocycles. The van der Waals surface area contributed by atoms with E-state index in [2.05, 4.69) is 100 Å². The maximum absolute atomic E-state index is 11.1. The molecule has 14 rings (SSSR count). The summed E-state index contributed by atoms with van der Waals surface area (Å²) < 4.78 is 16.1. The van der Waals surface area contributed by atoms with E-state index in [0.717, 1.165) is 115 Å². The summed E-state index contributed by atoms with van der Waals surface area (Å²) in [5.41, 5.74) is 12.5. The Hall–Kier alpha value is -13.0. The lowest BCUT2D eigenvalue weighted by Crippen LogP contribution is -2.13. The van der Waals surface area contributed by atoms with Crippen molar-refractivity contribution in [1.82, 2.24) is 0 Å². The Bertz CT molecular complexity index is 5260. The van der Waals surface area contributed by atoms with E-state index in [0.29, 0.717) is 34.3 Å². The average Bonchev–Trinajstić information content (AvgIpc) is 1.34. The van der Waals surface area contributed by atoms with Gasteiger partial charge in [-0.05, 0) is 166 Å². The average molecular weight is 1430 g/mol. The normalized spacial score (nSPS) is 13.5. The van der Waals surface area contributed by atoms with Gasteiger partial charge >= 0.3 is 35.8 Å². The lowest BCUT2D eigenvalue weighted by Gasteiger charge is -2.20. The summed E-state index contributed by atoms with van der Waals surface area (Å²) >= 11 is 0. The van der Waals surface area contributed by atoms with Crippen molar-refractivity contribution >= 4 is 124 Å². The molecule has 0 unspecified atom stereocenters. The molecule has 0 bridgehead atoms. The van der Waals surface area contributed by atoms with E-state index in [1.165, 1.54) is 74.0 Å². The molecule has 1 aliphatic heterocycles. The van der Waals surface area contributed by atoms with E-state index < -0.39 is 29.8 Å². The zero-order chi connectivity index (χ0) is 75.7. The van der Waals surface area contributed by atoms with Crippen LogP contribution in [0.4, 0.5) is 0 Å². The van der Waals surface area contributed by atoms with Crippen molar-refractivity contribution in [3.8, 4) is 17.2 Å². The molecule has 3 aliphatic rings. The first-order valence-corrected chi connectivity index (χ1v) is 34.0. The number of ether oxygens (including phenoxy) is 3. The van der Waals surface area contributed by atoms with Gasteiger partial charge in [0.1, 0.15) is 5.75 Å². The second-order valence-corrected chi connectivity index (χ2v) is 24.3. The highest BCUT2D eigenvalue weighted by Crippen LogP contribution is 2.42. The lowest BCUT2D eigenvalue weighted by molar-refractivity contribution is -0.141. The molecule has 0 atom stereocenters. The number of carbonyl (C=O) groups excluding carboxylic acids is 6. The quantitative estimate of drug-likeness (QED) is 0.0504. The third-order valence-electron chi connectivity index (χ3n) is 16.5. The van der Waals surface area contributed by atoms with Gasteiger partial charge in [-0.25, -0.2) is 28.8 Å². The van der Waals surface area contributed by atoms with E-state index >= 15 is 0 Å². The SMILES string of the molecule is CC(=O)O/N=C(/C)c1cccc2ccccc12.CC(=O)O/N=C(\C)c1ccc2ccccc2c1.CC(=O)O/N=C(\C)c1ccccc1.CC(=O)O/N=C1\CCCc2ccc3cc4ccccc4cc3c21.CC(=O)O/N=C1\CCc2ccc3c(c21)OCO3.COc1ccc2ccccc2c1/C(C)=N\OC(C)=O. The van der Waals surface area contributed by atoms with Gasteiger partial charge in [-0.3, -0.25) is 0 Å². The van der Waals surface area contributed by atoms with Crippen LogP contribution in [0.1, 0.15) is 133 Å². The molecule has 21 nitrogen and oxygen atoms in total. The van der Waals surface area contributed by atoms with Gasteiger partial charge in [-0.2, -0.15) is 0 Å². The van der Waals surface area contributed by atoms with Gasteiger partial charge in [0.2, 0.25) is 6.79 Å². The molecule has 0 N–H and O–H groups in total. The Balaban J connectivity index is 0.000000148. The Kier molecular flexibility index (Phi) is 27.5. The first-order valence-electron chi connectivity index (χ1n) is 34.0. The lowest BCUT2D eigenvalue weighted by atomic mass is 9.85. The molecule has 21 heteroatoms. The van der Waals surface area contributed by atoms with Gasteiger partial charge in [-0.1, -0.05) is 213 Å². The molecule has 540 valence electrons. The number of carbonyl (C=O) groups is 6. The maximum atomic E-state index is 11.1. The number of methoxy groups -OCH3 is 1. The molecule has 1 heterocycles. The van der Waals surface area contributed by atoms with Gasteiger partial charge in [0, 0.05) is 63.8 Å². The number of aryl methyl sites for hydroxylation is 2. The summed E-state index contributed by atoms with van der Waals surface area (Å²) in [6, 6.07) is 70.5. The summed E-state index contributed by atoms with van der Waals surface area (Å²) in [5.74, 6) is -0.339. The monoisotopic (exact) mass is 1420 g/mol. The van der Waals surface area contributed by atoms with Crippen LogP contribution in [0.25, 0.3) is 53.9 Å². The number of benzene rings is 11. The van der Waals surface area contributed by atoms with Crippen LogP contribution in [0.5, 0.6) is 17.2 Å². The van der Waals surface area contributed by atoms with Crippen molar-refractivity contribution in [1.29, 1.82) is 0 Å². The number of hydrogen-bond acceptors (Lipinski definition) is 21. The zero-order valence-electron chi connectivity index (χ0n) is 60.8. The van der Waals surface area contributed by atoms with Gasteiger partial charge in [-0.15, -0.1) is 0 Å². The summed E-state index contributed by atoms with van der Waals surface area (Å²) in [6.45, 7) is 15.4. The second-order valence-electron chi connectivity index (χ2n) is 24.3. The Morgan fingerprint density at radius 1 is 0.340 bits per heavy atom. The predicted octanol–water partition coefficient (Wildman–Crippen LogP) is 17.6. The Morgan fingerprint density at radius 3 is 1.42 bits per heavy atom. The standard InChI is InChI=1S/C20H17NO2.C15H15NO3.2C14H13NO2.C12H11NO4.C10H11NO2/c1-13(22)23-21-19-8-4-7-14-9-10-17-11-15-5-2-3-6-16(15)12-18(17)20(14)19;1-10(16-19-11(2)17)15-13-7-5-4-6-12(13)8-9-14(15)18-3;1-10(15-17-11(2)16)13-9-5-7-12-6-3-4-8-14(12)13;1-10(15-17-11(2)16)13-8-7-12-5-3-4-6-14(12)9-13;1-7(14)17-13-9-4-2-8-3-5-10-12(11(8)9)16-6-15-10;1-8(11-13-9(2)12)10-6-4-3-5-7-10/h2-3,5-6,9-12H,4,7-8H2,1H3;4-9H,1-3H3;2*3-9H,1-2H3;3,5H,2,4,6H2,1H3;3-7H,1-2H3/b21-19+;16-10-;15-10-;15-10+;13-9+;11-8+. The molecular weight excluding hydrogens is 1340 g/mol. The van der Waals surface area contributed by atoms with E-state index in [1.54, 1.807) is 21.0 Å². The van der Waals surface area contributed by atoms with E-state index in [4.69, 9.17) is 28.7 Å². The minimum Gasteiger partial charge on any atom is -0.496 e. The molecule has 0 radical (unpaired) electrons. The molecule has 0 aromatic heterocycles. The number of nitrogens with zero attached hydrogens (tertiary/aromatic N) is 6. The molecule has 106 heavy (non-hydrogen) atoms. The summed E-state index contributed by atoms with van der Waals surface area (Å²) in [5, 5.41) is 34.5.